The van der Waals surface area contributed by atoms with Crippen LogP contribution >= 0.6 is 11.8 Å². The van der Waals surface area contributed by atoms with Gasteiger partial charge in [0.1, 0.15) is 0 Å². The summed E-state index contributed by atoms with van der Waals surface area (Å²) in [7, 11) is 3.99. The molecule has 1 saturated heterocycles. The number of nitrogens with two attached hydrogens (primary N) is 1. The summed E-state index contributed by atoms with van der Waals surface area (Å²) in [6.45, 7) is -0.0890. The van der Waals surface area contributed by atoms with Crippen LogP contribution in [0, 0.1) is 0 Å². The van der Waals surface area contributed by atoms with Crippen molar-refractivity contribution in [3.05, 3.63) is 28.8 Å². The molecule has 12 heteroatoms. The Bertz CT molecular complexity index is 891. The van der Waals surface area contributed by atoms with E-state index >= 15 is 0 Å². The molecule has 0 atom stereocenters. The predicted molar refractivity (Wildman–Crippen MR) is 113 cm³/mol. The molecular weight excluding hydrogens is 444 g/mol. The Morgan fingerprint density at radius 3 is 2.38 bits per heavy atom. The lowest BCUT2D eigenvalue weighted by atomic mass is 10.2. The molecule has 174 valence electrons. The molecule has 0 saturated carbocycles. The van der Waals surface area contributed by atoms with Crippen molar-refractivity contribution in [2.24, 2.45) is 5.73 Å². The number of rotatable bonds is 11. The highest BCUT2D eigenvalue weighted by molar-refractivity contribution is 8.04. The van der Waals surface area contributed by atoms with Crippen LogP contribution in [0.5, 0.6) is 17.2 Å². The summed E-state index contributed by atoms with van der Waals surface area (Å²) in [6, 6.07) is 2.78. The van der Waals surface area contributed by atoms with Crippen LogP contribution in [-0.4, -0.2) is 75.5 Å². The van der Waals surface area contributed by atoms with Crippen LogP contribution in [0.1, 0.15) is 16.8 Å². The first-order chi connectivity index (χ1) is 15.3. The number of primary amides is 1. The smallest absolute Gasteiger partial charge is 0.338 e. The quantitative estimate of drug-likeness (QED) is 0.280. The van der Waals surface area contributed by atoms with Gasteiger partial charge in [0.2, 0.25) is 11.7 Å². The van der Waals surface area contributed by atoms with Crippen LogP contribution in [0.25, 0.3) is 0 Å². The maximum absolute atomic E-state index is 12.5. The zero-order valence-corrected chi connectivity index (χ0v) is 18.7. The molecule has 0 spiro atoms. The summed E-state index contributed by atoms with van der Waals surface area (Å²) < 4.78 is 25.6. The predicted octanol–water partition coefficient (Wildman–Crippen LogP) is 0.705. The van der Waals surface area contributed by atoms with Gasteiger partial charge in [0.05, 0.1) is 50.4 Å². The zero-order chi connectivity index (χ0) is 23.7. The molecule has 0 bridgehead atoms. The number of carbonyl (C=O) groups is 4. The normalized spacial score (nSPS) is 14.3. The Morgan fingerprint density at radius 1 is 1.16 bits per heavy atom. The summed E-state index contributed by atoms with van der Waals surface area (Å²) in [5.41, 5.74) is 5.23. The average molecular weight is 468 g/mol. The van der Waals surface area contributed by atoms with E-state index in [1.54, 1.807) is 0 Å². The number of esters is 2. The number of methoxy groups -OCH3 is 3. The van der Waals surface area contributed by atoms with Gasteiger partial charge in [-0.2, -0.15) is 0 Å². The molecule has 0 aliphatic carbocycles. The van der Waals surface area contributed by atoms with E-state index in [-0.39, 0.29) is 47.6 Å². The molecule has 1 aromatic rings. The van der Waals surface area contributed by atoms with E-state index in [1.807, 2.05) is 0 Å². The first-order valence-corrected chi connectivity index (χ1v) is 10.4. The maximum Gasteiger partial charge on any atom is 0.338 e. The first kappa shape index (κ1) is 24.9. The van der Waals surface area contributed by atoms with Crippen LogP contribution < -0.4 is 19.9 Å². The van der Waals surface area contributed by atoms with Crippen LogP contribution in [0.4, 0.5) is 0 Å². The van der Waals surface area contributed by atoms with E-state index in [4.69, 9.17) is 24.7 Å². The van der Waals surface area contributed by atoms with Crippen molar-refractivity contribution in [2.75, 3.05) is 46.8 Å². The zero-order valence-electron chi connectivity index (χ0n) is 17.9. The molecule has 1 heterocycles. The van der Waals surface area contributed by atoms with Crippen LogP contribution in [0.2, 0.25) is 0 Å². The monoisotopic (exact) mass is 468 g/mol. The van der Waals surface area contributed by atoms with E-state index in [0.717, 1.165) is 0 Å². The number of ether oxygens (including phenoxy) is 5. The van der Waals surface area contributed by atoms with Crippen molar-refractivity contribution in [3.8, 4) is 17.2 Å². The summed E-state index contributed by atoms with van der Waals surface area (Å²) in [4.78, 5) is 48.3. The van der Waals surface area contributed by atoms with Crippen molar-refractivity contribution in [3.63, 3.8) is 0 Å². The van der Waals surface area contributed by atoms with Gasteiger partial charge >= 0.3 is 11.9 Å². The van der Waals surface area contributed by atoms with Crippen molar-refractivity contribution >= 4 is 35.5 Å². The summed E-state index contributed by atoms with van der Waals surface area (Å²) >= 11 is 1.24. The Hall–Kier alpha value is -3.41. The number of benzene rings is 1. The van der Waals surface area contributed by atoms with Gasteiger partial charge < -0.3 is 34.3 Å². The van der Waals surface area contributed by atoms with Gasteiger partial charge in [-0.25, -0.2) is 9.59 Å². The molecule has 0 radical (unpaired) electrons. The van der Waals surface area contributed by atoms with Crippen molar-refractivity contribution in [1.29, 1.82) is 0 Å². The van der Waals surface area contributed by atoms with E-state index in [2.05, 4.69) is 4.74 Å². The fourth-order valence-electron chi connectivity index (χ4n) is 2.68. The van der Waals surface area contributed by atoms with Crippen molar-refractivity contribution < 1.29 is 42.9 Å². The number of carbonyl (C=O) groups excluding carboxylic acids is 4. The summed E-state index contributed by atoms with van der Waals surface area (Å²) in [6.07, 6.45) is 1.60. The van der Waals surface area contributed by atoms with E-state index < -0.39 is 24.5 Å². The fourth-order valence-corrected chi connectivity index (χ4v) is 3.64. The maximum atomic E-state index is 12.5. The molecule has 32 heavy (non-hydrogen) atoms. The number of amides is 2. The number of thioether (sulfide) groups is 1. The SMILES string of the molecule is COC(=O)/C=C1/SCC(=O)N1CCCOC(=O)c1cc(OC)c(OCC(N)=O)c(OC)c1. The Kier molecular flexibility index (Phi) is 9.20. The van der Waals surface area contributed by atoms with Crippen molar-refractivity contribution in [1.82, 2.24) is 4.90 Å². The lowest BCUT2D eigenvalue weighted by molar-refractivity contribution is -0.135. The highest BCUT2D eigenvalue weighted by Gasteiger charge is 2.27. The molecular formula is C20H24N2O9S. The molecule has 2 rings (SSSR count). The minimum Gasteiger partial charge on any atom is -0.493 e. The summed E-state index contributed by atoms with van der Waals surface area (Å²) in [5.74, 6) is -1.34. The molecule has 1 aromatic carbocycles. The number of nitrogens with zero attached hydrogens (tertiary/aromatic N) is 1. The Morgan fingerprint density at radius 2 is 1.81 bits per heavy atom. The highest BCUT2D eigenvalue weighted by Crippen LogP contribution is 2.38. The van der Waals surface area contributed by atoms with Gasteiger partial charge in [-0.1, -0.05) is 11.8 Å². The van der Waals surface area contributed by atoms with Gasteiger partial charge in [0, 0.05) is 6.54 Å². The Labute approximate surface area is 188 Å². The van der Waals surface area contributed by atoms with Gasteiger partial charge in [-0.3, -0.25) is 9.59 Å². The van der Waals surface area contributed by atoms with Crippen LogP contribution in [0.15, 0.2) is 23.2 Å². The minimum atomic E-state index is -0.683. The molecule has 2 N–H and O–H groups in total. The lowest BCUT2D eigenvalue weighted by Gasteiger charge is -2.17. The second-order valence-electron chi connectivity index (χ2n) is 6.29. The van der Waals surface area contributed by atoms with Crippen molar-refractivity contribution in [2.45, 2.75) is 6.42 Å². The molecule has 1 aliphatic rings. The van der Waals surface area contributed by atoms with Crippen LogP contribution in [-0.2, 0) is 23.9 Å². The van der Waals surface area contributed by atoms with E-state index in [9.17, 15) is 19.2 Å². The minimum absolute atomic E-state index is 0.0311. The highest BCUT2D eigenvalue weighted by atomic mass is 32.2. The molecule has 0 unspecified atom stereocenters. The molecule has 11 nitrogen and oxygen atoms in total. The van der Waals surface area contributed by atoms with Gasteiger partial charge in [0.25, 0.3) is 5.91 Å². The second kappa shape index (κ2) is 11.8. The molecule has 1 fully saturated rings. The largest absolute Gasteiger partial charge is 0.493 e. The van der Waals surface area contributed by atoms with Gasteiger partial charge in [-0.15, -0.1) is 0 Å². The third-order valence-corrected chi connectivity index (χ3v) is 5.19. The van der Waals surface area contributed by atoms with E-state index in [0.29, 0.717) is 11.4 Å². The standard InChI is InChI=1S/C20H24N2O9S/c1-27-13-7-12(8-14(28-2)19(13)31-10-15(21)23)20(26)30-6-4-5-22-16(24)11-32-17(22)9-18(25)29-3/h7-9H,4-6,10-11H2,1-3H3,(H2,21,23)/b17-9+. The molecule has 2 amide bonds. The van der Waals surface area contributed by atoms with Gasteiger partial charge in [-0.05, 0) is 18.6 Å². The molecule has 1 aliphatic heterocycles. The second-order valence-corrected chi connectivity index (χ2v) is 7.29. The molecule has 0 aromatic heterocycles. The lowest BCUT2D eigenvalue weighted by Crippen LogP contribution is -2.27. The Balaban J connectivity index is 1.99. The fraction of sp³-hybridized carbons (Fsp3) is 0.400. The third-order valence-electron chi connectivity index (χ3n) is 4.17. The summed E-state index contributed by atoms with van der Waals surface area (Å²) in [5, 5.41) is 0.495. The van der Waals surface area contributed by atoms with Crippen LogP contribution in [0.3, 0.4) is 0 Å². The number of hydrogen-bond acceptors (Lipinski definition) is 10. The third kappa shape index (κ3) is 6.54. The average Bonchev–Trinajstić information content (AvgIpc) is 3.12. The topological polar surface area (TPSA) is 144 Å². The first-order valence-electron chi connectivity index (χ1n) is 9.37. The van der Waals surface area contributed by atoms with Gasteiger partial charge in [0.15, 0.2) is 18.1 Å². The number of hydrogen-bond donors (Lipinski definition) is 1. The van der Waals surface area contributed by atoms with E-state index in [1.165, 1.54) is 56.2 Å².